The summed E-state index contributed by atoms with van der Waals surface area (Å²) in [5.41, 5.74) is -0.209. The van der Waals surface area contributed by atoms with Gasteiger partial charge in [-0.15, -0.1) is 0 Å². The van der Waals surface area contributed by atoms with E-state index in [9.17, 15) is 9.90 Å². The van der Waals surface area contributed by atoms with Crippen molar-refractivity contribution >= 4 is 6.03 Å². The topological polar surface area (TPSA) is 52.6 Å². The van der Waals surface area contributed by atoms with Crippen molar-refractivity contribution in [1.29, 1.82) is 0 Å². The van der Waals surface area contributed by atoms with Gasteiger partial charge in [0.2, 0.25) is 0 Å². The molecule has 0 aliphatic carbocycles. The second kappa shape index (κ2) is 4.17. The van der Waals surface area contributed by atoms with Crippen LogP contribution >= 0.6 is 0 Å². The van der Waals surface area contributed by atoms with Gasteiger partial charge in [-0.1, -0.05) is 0 Å². The van der Waals surface area contributed by atoms with Crippen molar-refractivity contribution in [3.05, 3.63) is 0 Å². The van der Waals surface area contributed by atoms with Gasteiger partial charge in [0, 0.05) is 18.6 Å². The molecule has 0 bridgehead atoms. The highest BCUT2D eigenvalue weighted by atomic mass is 16.3. The lowest BCUT2D eigenvalue weighted by Gasteiger charge is -2.33. The molecule has 14 heavy (non-hydrogen) atoms. The predicted octanol–water partition coefficient (Wildman–Crippen LogP) is 0.951. The summed E-state index contributed by atoms with van der Waals surface area (Å²) in [5, 5.41) is 12.3. The molecular weight excluding hydrogens is 180 g/mol. The highest BCUT2D eigenvalue weighted by molar-refractivity contribution is 5.75. The summed E-state index contributed by atoms with van der Waals surface area (Å²) < 4.78 is 0. The first-order valence-corrected chi connectivity index (χ1v) is 5.13. The zero-order valence-corrected chi connectivity index (χ0v) is 9.21. The van der Waals surface area contributed by atoms with Crippen molar-refractivity contribution in [1.82, 2.24) is 10.2 Å². The van der Waals surface area contributed by atoms with Crippen LogP contribution in [0.2, 0.25) is 0 Å². The highest BCUT2D eigenvalue weighted by Gasteiger charge is 2.24. The van der Waals surface area contributed by atoms with E-state index >= 15 is 0 Å². The highest BCUT2D eigenvalue weighted by Crippen LogP contribution is 2.10. The van der Waals surface area contributed by atoms with Gasteiger partial charge in [0.05, 0.1) is 6.10 Å². The minimum absolute atomic E-state index is 0.0729. The minimum Gasteiger partial charge on any atom is -0.391 e. The number of nitrogens with one attached hydrogen (secondary N) is 1. The fourth-order valence-electron chi connectivity index (χ4n) is 1.54. The molecule has 4 heteroatoms. The summed E-state index contributed by atoms with van der Waals surface area (Å²) in [4.78, 5) is 13.3. The molecule has 2 N–H and O–H groups in total. The van der Waals surface area contributed by atoms with Crippen LogP contribution in [-0.4, -0.2) is 40.8 Å². The summed E-state index contributed by atoms with van der Waals surface area (Å²) in [5.74, 6) is 0. The Bertz CT molecular complexity index is 211. The molecule has 0 aromatic heterocycles. The molecule has 82 valence electrons. The van der Waals surface area contributed by atoms with Gasteiger partial charge in [-0.25, -0.2) is 4.79 Å². The predicted molar refractivity (Wildman–Crippen MR) is 55.1 cm³/mol. The van der Waals surface area contributed by atoms with Gasteiger partial charge in [-0.3, -0.25) is 0 Å². The largest absolute Gasteiger partial charge is 0.391 e. The molecule has 0 aromatic rings. The van der Waals surface area contributed by atoms with Crippen molar-refractivity contribution in [2.45, 2.75) is 45.3 Å². The first-order valence-electron chi connectivity index (χ1n) is 5.13. The van der Waals surface area contributed by atoms with E-state index in [0.29, 0.717) is 6.54 Å². The molecule has 1 fully saturated rings. The average Bonchev–Trinajstić information content (AvgIpc) is 2.01. The Morgan fingerprint density at radius 1 is 1.50 bits per heavy atom. The third-order valence-corrected chi connectivity index (χ3v) is 2.17. The summed E-state index contributed by atoms with van der Waals surface area (Å²) in [7, 11) is 0. The molecule has 1 unspecified atom stereocenters. The van der Waals surface area contributed by atoms with Crippen LogP contribution in [-0.2, 0) is 0 Å². The number of aliphatic hydroxyl groups excluding tert-OH is 1. The number of aliphatic hydroxyl groups is 1. The van der Waals surface area contributed by atoms with E-state index < -0.39 is 0 Å². The maximum absolute atomic E-state index is 11.7. The normalized spacial score (nSPS) is 23.4. The first kappa shape index (κ1) is 11.3. The first-order chi connectivity index (χ1) is 6.38. The van der Waals surface area contributed by atoms with E-state index in [0.717, 1.165) is 19.4 Å². The molecule has 0 saturated carbocycles. The van der Waals surface area contributed by atoms with Gasteiger partial charge in [0.15, 0.2) is 0 Å². The lowest BCUT2D eigenvalue weighted by molar-refractivity contribution is 0.0822. The number of carbonyl (C=O) groups excluding carboxylic acids is 1. The van der Waals surface area contributed by atoms with Crippen LogP contribution in [0.15, 0.2) is 0 Å². The molecule has 0 radical (unpaired) electrons. The molecule has 0 aromatic carbocycles. The van der Waals surface area contributed by atoms with E-state index in [1.165, 1.54) is 0 Å². The van der Waals surface area contributed by atoms with Gasteiger partial charge < -0.3 is 15.3 Å². The molecule has 1 rings (SSSR count). The van der Waals surface area contributed by atoms with Crippen LogP contribution in [0, 0.1) is 0 Å². The molecule has 4 nitrogen and oxygen atoms in total. The lowest BCUT2D eigenvalue weighted by atomic mass is 10.1. The number of rotatable bonds is 0. The van der Waals surface area contributed by atoms with Crippen molar-refractivity contribution in [3.8, 4) is 0 Å². The Morgan fingerprint density at radius 3 is 2.64 bits per heavy atom. The Balaban J connectivity index is 2.44. The van der Waals surface area contributed by atoms with Crippen LogP contribution < -0.4 is 5.32 Å². The molecule has 2 amide bonds. The lowest BCUT2D eigenvalue weighted by Crippen LogP contribution is -2.52. The van der Waals surface area contributed by atoms with Gasteiger partial charge in [-0.05, 0) is 33.6 Å². The van der Waals surface area contributed by atoms with Crippen LogP contribution in [0.5, 0.6) is 0 Å². The average molecular weight is 200 g/mol. The molecule has 0 spiro atoms. The molecule has 1 heterocycles. The smallest absolute Gasteiger partial charge is 0.317 e. The van der Waals surface area contributed by atoms with Crippen LogP contribution in [0.3, 0.4) is 0 Å². The summed E-state index contributed by atoms with van der Waals surface area (Å²) in [6.07, 6.45) is 1.34. The molecule has 1 atom stereocenters. The second-order valence-corrected chi connectivity index (χ2v) is 4.92. The second-order valence-electron chi connectivity index (χ2n) is 4.92. The van der Waals surface area contributed by atoms with Crippen molar-refractivity contribution in [2.75, 3.05) is 13.1 Å². The maximum Gasteiger partial charge on any atom is 0.317 e. The van der Waals surface area contributed by atoms with E-state index in [2.05, 4.69) is 5.32 Å². The zero-order chi connectivity index (χ0) is 10.8. The summed E-state index contributed by atoms with van der Waals surface area (Å²) in [6, 6.07) is -0.0729. The number of hydrogen-bond donors (Lipinski definition) is 2. The number of hydrogen-bond acceptors (Lipinski definition) is 2. The van der Waals surface area contributed by atoms with E-state index in [1.807, 2.05) is 20.8 Å². The van der Waals surface area contributed by atoms with Gasteiger partial charge >= 0.3 is 6.03 Å². The number of urea groups is 1. The number of amides is 2. The number of β-amino-alcohol motifs (C(OH)–C–C–N with tert-alkyl or cyclic N) is 1. The zero-order valence-electron chi connectivity index (χ0n) is 9.21. The third-order valence-electron chi connectivity index (χ3n) is 2.17. The number of piperidine rings is 1. The third kappa shape index (κ3) is 3.54. The van der Waals surface area contributed by atoms with Gasteiger partial charge in [-0.2, -0.15) is 0 Å². The van der Waals surface area contributed by atoms with E-state index in [-0.39, 0.29) is 17.7 Å². The fourth-order valence-corrected chi connectivity index (χ4v) is 1.54. The number of likely N-dealkylation sites (tertiary alicyclic amines) is 1. The Labute approximate surface area is 85.3 Å². The quantitative estimate of drug-likeness (QED) is 0.611. The molecule has 1 aliphatic rings. The Kier molecular flexibility index (Phi) is 3.37. The standard InChI is InChI=1S/C10H20N2O2/c1-10(2,3)11-9(14)12-6-4-5-8(13)7-12/h8,13H,4-7H2,1-3H3,(H,11,14). The fraction of sp³-hybridized carbons (Fsp3) is 0.900. The summed E-state index contributed by atoms with van der Waals surface area (Å²) >= 11 is 0. The van der Waals surface area contributed by atoms with Crippen LogP contribution in [0.1, 0.15) is 33.6 Å². The summed E-state index contributed by atoms with van der Waals surface area (Å²) in [6.45, 7) is 7.06. The van der Waals surface area contributed by atoms with Crippen molar-refractivity contribution < 1.29 is 9.90 Å². The van der Waals surface area contributed by atoms with Gasteiger partial charge in [0.1, 0.15) is 0 Å². The Hall–Kier alpha value is -0.770. The monoisotopic (exact) mass is 200 g/mol. The molecular formula is C10H20N2O2. The van der Waals surface area contributed by atoms with Crippen LogP contribution in [0.4, 0.5) is 4.79 Å². The SMILES string of the molecule is CC(C)(C)NC(=O)N1CCCC(O)C1. The van der Waals surface area contributed by atoms with Gasteiger partial charge in [0.25, 0.3) is 0 Å². The van der Waals surface area contributed by atoms with E-state index in [4.69, 9.17) is 0 Å². The maximum atomic E-state index is 11.7. The van der Waals surface area contributed by atoms with Crippen molar-refractivity contribution in [2.24, 2.45) is 0 Å². The Morgan fingerprint density at radius 2 is 2.14 bits per heavy atom. The number of carbonyl (C=O) groups is 1. The van der Waals surface area contributed by atoms with Crippen LogP contribution in [0.25, 0.3) is 0 Å². The molecule has 1 aliphatic heterocycles. The number of nitrogens with zero attached hydrogens (tertiary/aromatic N) is 1. The molecule has 1 saturated heterocycles. The van der Waals surface area contributed by atoms with Crippen molar-refractivity contribution in [3.63, 3.8) is 0 Å². The van der Waals surface area contributed by atoms with E-state index in [1.54, 1.807) is 4.90 Å². The minimum atomic E-state index is -0.352.